The van der Waals surface area contributed by atoms with Gasteiger partial charge in [-0.15, -0.1) is 0 Å². The Balaban J connectivity index is 2.31. The third-order valence-corrected chi connectivity index (χ3v) is 3.61. The Bertz CT molecular complexity index is 737. The van der Waals surface area contributed by atoms with Crippen molar-refractivity contribution in [3.63, 3.8) is 0 Å². The Hall–Kier alpha value is -2.15. The normalized spacial score (nSPS) is 11.8. The summed E-state index contributed by atoms with van der Waals surface area (Å²) < 4.78 is 2.37. The predicted octanol–water partition coefficient (Wildman–Crippen LogP) is 4.55. The molecule has 0 aliphatic carbocycles. The Labute approximate surface area is 120 Å². The molecule has 0 bridgehead atoms. The van der Waals surface area contributed by atoms with E-state index in [9.17, 15) is 0 Å². The maximum absolute atomic E-state index is 2.37. The Morgan fingerprint density at radius 1 is 0.750 bits per heavy atom. The second-order valence-corrected chi connectivity index (χ2v) is 6.19. The highest BCUT2D eigenvalue weighted by Crippen LogP contribution is 2.23. The van der Waals surface area contributed by atoms with E-state index in [4.69, 9.17) is 0 Å². The first-order valence-corrected chi connectivity index (χ1v) is 7.06. The van der Waals surface area contributed by atoms with Crippen LogP contribution in [0, 0.1) is 0 Å². The lowest BCUT2D eigenvalue weighted by molar-refractivity contribution is -0.730. The summed E-state index contributed by atoms with van der Waals surface area (Å²) in [4.78, 5) is 0. The minimum atomic E-state index is 0.0599. The van der Waals surface area contributed by atoms with Gasteiger partial charge in [-0.2, -0.15) is 4.57 Å². The van der Waals surface area contributed by atoms with Crippen molar-refractivity contribution in [3.8, 4) is 11.1 Å². The molecular formula is C19H20N+. The number of aromatic nitrogens is 1. The molecule has 2 aromatic carbocycles. The summed E-state index contributed by atoms with van der Waals surface area (Å²) in [6.45, 7) is 6.73. The van der Waals surface area contributed by atoms with E-state index < -0.39 is 0 Å². The van der Waals surface area contributed by atoms with E-state index in [0.29, 0.717) is 0 Å². The maximum Gasteiger partial charge on any atom is 0.212 e. The smallest absolute Gasteiger partial charge is 0.193 e. The van der Waals surface area contributed by atoms with Crippen LogP contribution in [0.25, 0.3) is 22.0 Å². The fourth-order valence-electron chi connectivity index (χ4n) is 2.59. The molecule has 1 heteroatoms. The van der Waals surface area contributed by atoms with E-state index in [1.807, 2.05) is 0 Å². The number of fused-ring (bicyclic) bond motifs is 1. The molecule has 0 N–H and O–H groups in total. The molecule has 0 saturated heterocycles. The highest BCUT2D eigenvalue weighted by Gasteiger charge is 2.25. The van der Waals surface area contributed by atoms with Gasteiger partial charge in [-0.05, 0) is 17.7 Å². The number of nitrogens with zero attached hydrogens (tertiary/aromatic N) is 1. The fraction of sp³-hybridized carbons (Fsp3) is 0.211. The number of hydrogen-bond acceptors (Lipinski definition) is 0. The van der Waals surface area contributed by atoms with Crippen LogP contribution in [0.3, 0.4) is 0 Å². The van der Waals surface area contributed by atoms with Crippen molar-refractivity contribution in [2.75, 3.05) is 0 Å². The lowest BCUT2D eigenvalue weighted by Gasteiger charge is -2.16. The number of benzene rings is 2. The van der Waals surface area contributed by atoms with Crippen LogP contribution in [0.2, 0.25) is 0 Å². The molecule has 0 atom stereocenters. The molecule has 100 valence electrons. The van der Waals surface area contributed by atoms with Crippen molar-refractivity contribution >= 4 is 10.9 Å². The number of para-hydroxylation sites is 1. The molecule has 0 saturated carbocycles. The maximum atomic E-state index is 2.37. The standard InChI is InChI=1S/C19H20N/c1-19(2,3)20-14-17(15-9-5-4-6-10-15)13-16-11-7-8-12-18(16)20/h4-14H,1-3H3/q+1. The Morgan fingerprint density at radius 3 is 2.10 bits per heavy atom. The zero-order valence-electron chi connectivity index (χ0n) is 12.3. The van der Waals surface area contributed by atoms with Crippen LogP contribution < -0.4 is 4.57 Å². The summed E-state index contributed by atoms with van der Waals surface area (Å²) in [7, 11) is 0. The van der Waals surface area contributed by atoms with E-state index in [1.54, 1.807) is 0 Å². The lowest BCUT2D eigenvalue weighted by Crippen LogP contribution is -2.50. The molecule has 3 aromatic rings. The molecule has 0 fully saturated rings. The average Bonchev–Trinajstić information content (AvgIpc) is 2.46. The highest BCUT2D eigenvalue weighted by atomic mass is 15.0. The van der Waals surface area contributed by atoms with Crippen LogP contribution in [-0.4, -0.2) is 0 Å². The Morgan fingerprint density at radius 2 is 1.40 bits per heavy atom. The molecular weight excluding hydrogens is 242 g/mol. The van der Waals surface area contributed by atoms with Gasteiger partial charge >= 0.3 is 0 Å². The average molecular weight is 262 g/mol. The first-order valence-electron chi connectivity index (χ1n) is 7.06. The van der Waals surface area contributed by atoms with E-state index in [2.05, 4.69) is 92.2 Å². The second-order valence-electron chi connectivity index (χ2n) is 6.19. The molecule has 0 aliphatic rings. The molecule has 0 unspecified atom stereocenters. The van der Waals surface area contributed by atoms with Crippen molar-refractivity contribution in [2.24, 2.45) is 0 Å². The van der Waals surface area contributed by atoms with Crippen LogP contribution in [-0.2, 0) is 5.54 Å². The largest absolute Gasteiger partial charge is 0.212 e. The third kappa shape index (κ3) is 2.32. The second kappa shape index (κ2) is 4.75. The molecule has 1 aromatic heterocycles. The highest BCUT2D eigenvalue weighted by molar-refractivity contribution is 5.80. The van der Waals surface area contributed by atoms with E-state index in [1.165, 1.54) is 22.0 Å². The molecule has 20 heavy (non-hydrogen) atoms. The predicted molar refractivity (Wildman–Crippen MR) is 84.6 cm³/mol. The van der Waals surface area contributed by atoms with Gasteiger partial charge in [-0.25, -0.2) is 0 Å². The minimum Gasteiger partial charge on any atom is -0.193 e. The van der Waals surface area contributed by atoms with Crippen molar-refractivity contribution in [3.05, 3.63) is 66.9 Å². The zero-order valence-corrected chi connectivity index (χ0v) is 12.3. The summed E-state index contributed by atoms with van der Waals surface area (Å²) in [5.41, 5.74) is 3.86. The van der Waals surface area contributed by atoms with Gasteiger partial charge in [0.05, 0.1) is 0 Å². The summed E-state index contributed by atoms with van der Waals surface area (Å²) >= 11 is 0. The van der Waals surface area contributed by atoms with Gasteiger partial charge in [0.2, 0.25) is 5.52 Å². The monoisotopic (exact) mass is 262 g/mol. The van der Waals surface area contributed by atoms with Crippen LogP contribution in [0.1, 0.15) is 20.8 Å². The minimum absolute atomic E-state index is 0.0599. The first-order chi connectivity index (χ1) is 9.55. The molecule has 1 heterocycles. The van der Waals surface area contributed by atoms with Crippen LogP contribution in [0.5, 0.6) is 0 Å². The van der Waals surface area contributed by atoms with Crippen molar-refractivity contribution in [1.29, 1.82) is 0 Å². The van der Waals surface area contributed by atoms with E-state index in [0.717, 1.165) is 0 Å². The summed E-state index contributed by atoms with van der Waals surface area (Å²) in [6, 6.07) is 21.4. The van der Waals surface area contributed by atoms with Gasteiger partial charge in [0.25, 0.3) is 0 Å². The van der Waals surface area contributed by atoms with Crippen molar-refractivity contribution in [1.82, 2.24) is 0 Å². The SMILES string of the molecule is CC(C)(C)[n+]1cc(-c2ccccc2)cc2ccccc21. The fourth-order valence-corrected chi connectivity index (χ4v) is 2.59. The number of pyridine rings is 1. The van der Waals surface area contributed by atoms with Gasteiger partial charge in [0.1, 0.15) is 0 Å². The lowest BCUT2D eigenvalue weighted by atomic mass is 10.0. The number of rotatable bonds is 1. The molecule has 0 aliphatic heterocycles. The topological polar surface area (TPSA) is 3.88 Å². The first kappa shape index (κ1) is 12.9. The summed E-state index contributed by atoms with van der Waals surface area (Å²) in [5, 5.41) is 1.28. The van der Waals surface area contributed by atoms with Gasteiger partial charge in [0.15, 0.2) is 11.7 Å². The van der Waals surface area contributed by atoms with E-state index in [-0.39, 0.29) is 5.54 Å². The third-order valence-electron chi connectivity index (χ3n) is 3.61. The summed E-state index contributed by atoms with van der Waals surface area (Å²) in [5.74, 6) is 0. The van der Waals surface area contributed by atoms with Crippen LogP contribution >= 0.6 is 0 Å². The molecule has 0 spiro atoms. The van der Waals surface area contributed by atoms with Gasteiger partial charge < -0.3 is 0 Å². The zero-order chi connectivity index (χ0) is 14.2. The van der Waals surface area contributed by atoms with Gasteiger partial charge in [-0.1, -0.05) is 42.5 Å². The summed E-state index contributed by atoms with van der Waals surface area (Å²) in [6.07, 6.45) is 2.26. The van der Waals surface area contributed by atoms with E-state index >= 15 is 0 Å². The molecule has 1 nitrogen and oxygen atoms in total. The molecule has 3 rings (SSSR count). The van der Waals surface area contributed by atoms with Crippen LogP contribution in [0.15, 0.2) is 66.9 Å². The van der Waals surface area contributed by atoms with Crippen molar-refractivity contribution in [2.45, 2.75) is 26.3 Å². The van der Waals surface area contributed by atoms with Crippen LogP contribution in [0.4, 0.5) is 0 Å². The quantitative estimate of drug-likeness (QED) is 0.566. The molecule has 0 radical (unpaired) electrons. The van der Waals surface area contributed by atoms with Crippen molar-refractivity contribution < 1.29 is 4.57 Å². The van der Waals surface area contributed by atoms with Gasteiger partial charge in [-0.3, -0.25) is 0 Å². The molecule has 0 amide bonds. The number of hydrogen-bond donors (Lipinski definition) is 0. The Kier molecular flexibility index (Phi) is 3.06. The van der Waals surface area contributed by atoms with Gasteiger partial charge in [0, 0.05) is 37.8 Å².